The van der Waals surface area contributed by atoms with Crippen LogP contribution in [0.2, 0.25) is 0 Å². The van der Waals surface area contributed by atoms with Crippen molar-refractivity contribution >= 4 is 11.7 Å². The second-order valence-corrected chi connectivity index (χ2v) is 12.4. The van der Waals surface area contributed by atoms with E-state index < -0.39 is 11.4 Å². The number of amides is 1. The second-order valence-electron chi connectivity index (χ2n) is 12.4. The third-order valence-electron chi connectivity index (χ3n) is 8.72. The molecule has 1 atom stereocenters. The van der Waals surface area contributed by atoms with Crippen molar-refractivity contribution in [3.8, 4) is 28.6 Å². The summed E-state index contributed by atoms with van der Waals surface area (Å²) in [5, 5.41) is 28.4. The molecule has 0 spiro atoms. The number of aromatic nitrogens is 4. The molecule has 218 valence electrons. The molecule has 1 amide bonds. The van der Waals surface area contributed by atoms with Crippen LogP contribution in [0.15, 0.2) is 48.8 Å². The third kappa shape index (κ3) is 5.19. The summed E-state index contributed by atoms with van der Waals surface area (Å²) in [6, 6.07) is 14.9. The standard InChI is InChI=1S/C33H32FN7O2/c1-33(43)8-3-9-40(18-33)16-21-11-26-27(28(34)12-21)17-41(32(26)42)30-14-23(13-29(37-30)22-5-6-22)24-7-4-20(15-35)10-25(24)31-38-36-19-39(31)2/h4,7,10-14,19,22,43H,3,5-6,8-9,16-18H2,1-2H3/t33-/m0/s1. The number of benzene rings is 2. The van der Waals surface area contributed by atoms with Crippen LogP contribution in [0.1, 0.15) is 71.3 Å². The smallest absolute Gasteiger partial charge is 0.260 e. The van der Waals surface area contributed by atoms with Gasteiger partial charge in [-0.15, -0.1) is 10.2 Å². The highest BCUT2D eigenvalue weighted by atomic mass is 19.1. The van der Waals surface area contributed by atoms with Crippen molar-refractivity contribution in [1.29, 1.82) is 5.26 Å². The summed E-state index contributed by atoms with van der Waals surface area (Å²) in [5.41, 5.74) is 4.52. The molecule has 4 heterocycles. The van der Waals surface area contributed by atoms with Crippen LogP contribution in [0, 0.1) is 17.1 Å². The normalized spacial score (nSPS) is 20.3. The number of carbonyl (C=O) groups is 1. The van der Waals surface area contributed by atoms with Crippen LogP contribution in [0.25, 0.3) is 22.5 Å². The van der Waals surface area contributed by atoms with Gasteiger partial charge in [-0.2, -0.15) is 5.26 Å². The van der Waals surface area contributed by atoms with Crippen LogP contribution in [0.4, 0.5) is 10.2 Å². The molecule has 4 aromatic rings. The summed E-state index contributed by atoms with van der Waals surface area (Å²) >= 11 is 0. The summed E-state index contributed by atoms with van der Waals surface area (Å²) in [6.45, 7) is 3.73. The predicted molar refractivity (Wildman–Crippen MR) is 158 cm³/mol. The molecule has 7 rings (SSSR count). The minimum absolute atomic E-state index is 0.1000. The lowest BCUT2D eigenvalue weighted by Crippen LogP contribution is -2.45. The Balaban J connectivity index is 1.25. The van der Waals surface area contributed by atoms with Gasteiger partial charge in [0.25, 0.3) is 5.91 Å². The number of anilines is 1. The van der Waals surface area contributed by atoms with E-state index in [0.717, 1.165) is 60.2 Å². The van der Waals surface area contributed by atoms with Crippen LogP contribution in [-0.2, 0) is 20.1 Å². The van der Waals surface area contributed by atoms with Crippen LogP contribution in [0.3, 0.4) is 0 Å². The van der Waals surface area contributed by atoms with E-state index in [9.17, 15) is 15.2 Å². The SMILES string of the molecule is Cn1cnnc1-c1cc(C#N)ccc1-c1cc(C2CC2)nc(N2Cc3c(F)cc(CN4CCC[C@](C)(O)C4)cc3C2=O)c1. The van der Waals surface area contributed by atoms with Crippen molar-refractivity contribution in [2.24, 2.45) is 7.05 Å². The lowest BCUT2D eigenvalue weighted by molar-refractivity contribution is -0.0181. The highest BCUT2D eigenvalue weighted by Crippen LogP contribution is 2.43. The van der Waals surface area contributed by atoms with Gasteiger partial charge < -0.3 is 9.67 Å². The zero-order chi connectivity index (χ0) is 29.9. The fourth-order valence-electron chi connectivity index (χ4n) is 6.41. The molecule has 2 aromatic carbocycles. The number of pyridine rings is 1. The molecule has 2 aliphatic heterocycles. The number of β-amino-alcohol motifs (C(OH)–C–C–N with tert-alkyl or cyclic N) is 1. The summed E-state index contributed by atoms with van der Waals surface area (Å²) in [4.78, 5) is 22.4. The monoisotopic (exact) mass is 577 g/mol. The van der Waals surface area contributed by atoms with Crippen molar-refractivity contribution in [2.45, 2.75) is 57.2 Å². The number of aryl methyl sites for hydroxylation is 1. The zero-order valence-electron chi connectivity index (χ0n) is 24.2. The number of hydrogen-bond donors (Lipinski definition) is 1. The lowest BCUT2D eigenvalue weighted by atomic mass is 9.94. The number of carbonyl (C=O) groups excluding carboxylic acids is 1. The van der Waals surface area contributed by atoms with Gasteiger partial charge in [0.2, 0.25) is 0 Å². The van der Waals surface area contributed by atoms with Crippen molar-refractivity contribution in [1.82, 2.24) is 24.6 Å². The third-order valence-corrected chi connectivity index (χ3v) is 8.72. The molecule has 1 aliphatic carbocycles. The van der Waals surface area contributed by atoms with Gasteiger partial charge in [-0.05, 0) is 92.2 Å². The van der Waals surface area contributed by atoms with Gasteiger partial charge in [0, 0.05) is 48.4 Å². The number of rotatable bonds is 6. The molecule has 0 bridgehead atoms. The van der Waals surface area contributed by atoms with Gasteiger partial charge in [0.1, 0.15) is 18.0 Å². The van der Waals surface area contributed by atoms with Crippen molar-refractivity contribution < 1.29 is 14.3 Å². The summed E-state index contributed by atoms with van der Waals surface area (Å²) < 4.78 is 17.3. The number of nitrogens with zero attached hydrogens (tertiary/aromatic N) is 7. The number of halogens is 1. The number of likely N-dealkylation sites (tertiary alicyclic amines) is 1. The van der Waals surface area contributed by atoms with Crippen molar-refractivity contribution in [3.63, 3.8) is 0 Å². The quantitative estimate of drug-likeness (QED) is 0.346. The Bertz CT molecular complexity index is 1800. The maximum Gasteiger partial charge on any atom is 0.260 e. The Morgan fingerprint density at radius 3 is 2.70 bits per heavy atom. The summed E-state index contributed by atoms with van der Waals surface area (Å²) in [7, 11) is 1.85. The van der Waals surface area contributed by atoms with Gasteiger partial charge in [0.05, 0.1) is 23.8 Å². The number of aliphatic hydroxyl groups is 1. The Kier molecular flexibility index (Phi) is 6.60. The first kappa shape index (κ1) is 27.4. The molecule has 1 saturated heterocycles. The fourth-order valence-corrected chi connectivity index (χ4v) is 6.41. The largest absolute Gasteiger partial charge is 0.389 e. The molecule has 1 N–H and O–H groups in total. The average Bonchev–Trinajstić information content (AvgIpc) is 3.66. The molecule has 0 radical (unpaired) electrons. The second kappa shape index (κ2) is 10.4. The molecule has 3 aliphatic rings. The van der Waals surface area contributed by atoms with Gasteiger partial charge in [-0.1, -0.05) is 6.07 Å². The van der Waals surface area contributed by atoms with E-state index in [0.29, 0.717) is 47.3 Å². The van der Waals surface area contributed by atoms with Crippen molar-refractivity contribution in [3.05, 3.63) is 82.6 Å². The van der Waals surface area contributed by atoms with Gasteiger partial charge >= 0.3 is 0 Å². The highest BCUT2D eigenvalue weighted by molar-refractivity contribution is 6.10. The van der Waals surface area contributed by atoms with E-state index in [2.05, 4.69) is 21.2 Å². The number of hydrogen-bond acceptors (Lipinski definition) is 7. The van der Waals surface area contributed by atoms with Crippen LogP contribution in [0.5, 0.6) is 0 Å². The molecule has 1 saturated carbocycles. The first-order valence-electron chi connectivity index (χ1n) is 14.7. The summed E-state index contributed by atoms with van der Waals surface area (Å²) in [6.07, 6.45) is 5.27. The Morgan fingerprint density at radius 2 is 1.98 bits per heavy atom. The van der Waals surface area contributed by atoms with Crippen LogP contribution >= 0.6 is 0 Å². The minimum atomic E-state index is -0.766. The van der Waals surface area contributed by atoms with E-state index in [1.165, 1.54) is 6.07 Å². The molecular formula is C33H32FN7O2. The molecule has 43 heavy (non-hydrogen) atoms. The van der Waals surface area contributed by atoms with E-state index in [4.69, 9.17) is 4.98 Å². The molecular weight excluding hydrogens is 545 g/mol. The first-order chi connectivity index (χ1) is 20.7. The van der Waals surface area contributed by atoms with Gasteiger partial charge in [-0.25, -0.2) is 9.37 Å². The Hall–Kier alpha value is -4.46. The van der Waals surface area contributed by atoms with Gasteiger partial charge in [0.15, 0.2) is 5.82 Å². The molecule has 2 fully saturated rings. The minimum Gasteiger partial charge on any atom is -0.389 e. The fraction of sp³-hybridized carbons (Fsp3) is 0.364. The van der Waals surface area contributed by atoms with Crippen LogP contribution in [-0.4, -0.2) is 54.4 Å². The van der Waals surface area contributed by atoms with Gasteiger partial charge in [-0.3, -0.25) is 14.6 Å². The summed E-state index contributed by atoms with van der Waals surface area (Å²) in [5.74, 6) is 0.721. The maximum atomic E-state index is 15.5. The van der Waals surface area contributed by atoms with E-state index in [1.54, 1.807) is 34.0 Å². The number of nitriles is 1. The number of fused-ring (bicyclic) bond motifs is 1. The Morgan fingerprint density at radius 1 is 1.14 bits per heavy atom. The number of piperidine rings is 1. The highest BCUT2D eigenvalue weighted by Gasteiger charge is 2.35. The molecule has 9 nitrogen and oxygen atoms in total. The zero-order valence-corrected chi connectivity index (χ0v) is 24.2. The average molecular weight is 578 g/mol. The lowest BCUT2D eigenvalue weighted by Gasteiger charge is -2.36. The first-order valence-corrected chi connectivity index (χ1v) is 14.7. The maximum absolute atomic E-state index is 15.5. The van der Waals surface area contributed by atoms with E-state index in [1.807, 2.05) is 32.2 Å². The van der Waals surface area contributed by atoms with Crippen LogP contribution < -0.4 is 4.90 Å². The van der Waals surface area contributed by atoms with E-state index >= 15 is 4.39 Å². The predicted octanol–water partition coefficient (Wildman–Crippen LogP) is 4.94. The Labute approximate surface area is 249 Å². The molecule has 2 aromatic heterocycles. The molecule has 0 unspecified atom stereocenters. The topological polar surface area (TPSA) is 111 Å². The van der Waals surface area contributed by atoms with E-state index in [-0.39, 0.29) is 12.5 Å². The molecule has 10 heteroatoms. The van der Waals surface area contributed by atoms with Crippen molar-refractivity contribution in [2.75, 3.05) is 18.0 Å².